The summed E-state index contributed by atoms with van der Waals surface area (Å²) in [5, 5.41) is 0. The van der Waals surface area contributed by atoms with Gasteiger partial charge in [-0.15, -0.1) is 0 Å². The molecule has 0 spiro atoms. The Hall–Kier alpha value is -2.29. The summed E-state index contributed by atoms with van der Waals surface area (Å²) in [5.74, 6) is 1.06. The molecule has 0 saturated carbocycles. The first-order valence-corrected chi connectivity index (χ1v) is 7.86. The Morgan fingerprint density at radius 2 is 1.73 bits per heavy atom. The normalized spacial score (nSPS) is 12.5. The fourth-order valence-electron chi connectivity index (χ4n) is 2.79. The van der Waals surface area contributed by atoms with Gasteiger partial charge >= 0.3 is 0 Å². The van der Waals surface area contributed by atoms with Crippen molar-refractivity contribution in [2.24, 2.45) is 0 Å². The minimum absolute atomic E-state index is 0.427. The van der Waals surface area contributed by atoms with Crippen molar-refractivity contribution >= 4 is 16.7 Å². The minimum atomic E-state index is 0.427. The SMILES string of the molecule is CCC(C)n1c(-c2ccc(N(C)C)cc2)nc2ccccc21. The molecule has 1 atom stereocenters. The number of hydrogen-bond donors (Lipinski definition) is 0. The molecule has 0 N–H and O–H groups in total. The van der Waals surface area contributed by atoms with Gasteiger partial charge in [0, 0.05) is 31.4 Å². The van der Waals surface area contributed by atoms with E-state index < -0.39 is 0 Å². The lowest BCUT2D eigenvalue weighted by Crippen LogP contribution is -2.08. The number of anilines is 1. The maximum absolute atomic E-state index is 4.88. The van der Waals surface area contributed by atoms with E-state index in [1.54, 1.807) is 0 Å². The molecule has 1 aromatic heterocycles. The molecule has 3 rings (SSSR count). The zero-order valence-electron chi connectivity index (χ0n) is 13.7. The molecule has 0 aliphatic rings. The average molecular weight is 293 g/mol. The smallest absolute Gasteiger partial charge is 0.141 e. The van der Waals surface area contributed by atoms with E-state index in [4.69, 9.17) is 4.98 Å². The standard InChI is InChI=1S/C19H23N3/c1-5-14(2)22-18-9-7-6-8-17(18)20-19(22)15-10-12-16(13-11-15)21(3)4/h6-14H,5H2,1-4H3. The lowest BCUT2D eigenvalue weighted by Gasteiger charge is -2.17. The van der Waals surface area contributed by atoms with Crippen molar-refractivity contribution in [3.8, 4) is 11.4 Å². The van der Waals surface area contributed by atoms with Crippen LogP contribution in [0.2, 0.25) is 0 Å². The third-order valence-electron chi connectivity index (χ3n) is 4.27. The van der Waals surface area contributed by atoms with Crippen molar-refractivity contribution in [1.82, 2.24) is 9.55 Å². The van der Waals surface area contributed by atoms with Crippen LogP contribution in [-0.4, -0.2) is 23.6 Å². The average Bonchev–Trinajstić information content (AvgIpc) is 2.93. The summed E-state index contributed by atoms with van der Waals surface area (Å²) < 4.78 is 2.36. The molecule has 1 unspecified atom stereocenters. The van der Waals surface area contributed by atoms with Crippen LogP contribution in [0.5, 0.6) is 0 Å². The predicted octanol–water partition coefficient (Wildman–Crippen LogP) is 4.74. The maximum Gasteiger partial charge on any atom is 0.141 e. The topological polar surface area (TPSA) is 21.1 Å². The van der Waals surface area contributed by atoms with Crippen LogP contribution >= 0.6 is 0 Å². The van der Waals surface area contributed by atoms with Gasteiger partial charge in [0.15, 0.2) is 0 Å². The Balaban J connectivity index is 2.17. The molecular formula is C19H23N3. The molecule has 0 aliphatic heterocycles. The molecule has 3 heteroatoms. The van der Waals surface area contributed by atoms with Gasteiger partial charge in [0.05, 0.1) is 11.0 Å². The second-order valence-electron chi connectivity index (χ2n) is 5.99. The number of rotatable bonds is 4. The highest BCUT2D eigenvalue weighted by molar-refractivity contribution is 5.81. The number of para-hydroxylation sites is 2. The van der Waals surface area contributed by atoms with Gasteiger partial charge in [0.1, 0.15) is 5.82 Å². The third-order valence-corrected chi connectivity index (χ3v) is 4.27. The van der Waals surface area contributed by atoms with Gasteiger partial charge in [-0.05, 0) is 49.7 Å². The Morgan fingerprint density at radius 3 is 2.36 bits per heavy atom. The quantitative estimate of drug-likeness (QED) is 0.692. The zero-order chi connectivity index (χ0) is 15.7. The van der Waals surface area contributed by atoms with Gasteiger partial charge in [-0.3, -0.25) is 0 Å². The molecule has 114 valence electrons. The van der Waals surface area contributed by atoms with Crippen LogP contribution in [0.15, 0.2) is 48.5 Å². The van der Waals surface area contributed by atoms with E-state index in [0.29, 0.717) is 6.04 Å². The van der Waals surface area contributed by atoms with E-state index in [2.05, 4.69) is 85.9 Å². The van der Waals surface area contributed by atoms with Crippen LogP contribution in [-0.2, 0) is 0 Å². The number of fused-ring (bicyclic) bond motifs is 1. The highest BCUT2D eigenvalue weighted by atomic mass is 15.1. The number of benzene rings is 2. The van der Waals surface area contributed by atoms with E-state index in [1.165, 1.54) is 16.8 Å². The summed E-state index contributed by atoms with van der Waals surface area (Å²) in [6.07, 6.45) is 1.09. The van der Waals surface area contributed by atoms with Crippen molar-refractivity contribution in [3.05, 3.63) is 48.5 Å². The second-order valence-corrected chi connectivity index (χ2v) is 5.99. The van der Waals surface area contributed by atoms with Gasteiger partial charge in [-0.1, -0.05) is 19.1 Å². The van der Waals surface area contributed by atoms with Crippen molar-refractivity contribution in [2.75, 3.05) is 19.0 Å². The van der Waals surface area contributed by atoms with Crippen molar-refractivity contribution in [2.45, 2.75) is 26.3 Å². The molecule has 2 aromatic carbocycles. The highest BCUT2D eigenvalue weighted by Crippen LogP contribution is 2.30. The van der Waals surface area contributed by atoms with Gasteiger partial charge < -0.3 is 9.47 Å². The van der Waals surface area contributed by atoms with Gasteiger partial charge in [0.25, 0.3) is 0 Å². The third kappa shape index (κ3) is 2.47. The van der Waals surface area contributed by atoms with E-state index >= 15 is 0 Å². The molecule has 22 heavy (non-hydrogen) atoms. The van der Waals surface area contributed by atoms with Crippen molar-refractivity contribution in [3.63, 3.8) is 0 Å². The molecule has 1 heterocycles. The monoisotopic (exact) mass is 293 g/mol. The second kappa shape index (κ2) is 5.84. The number of imidazole rings is 1. The van der Waals surface area contributed by atoms with Gasteiger partial charge in [-0.2, -0.15) is 0 Å². The Bertz CT molecular complexity index is 769. The largest absolute Gasteiger partial charge is 0.378 e. The molecule has 0 saturated heterocycles. The van der Waals surface area contributed by atoms with Crippen LogP contribution in [0.25, 0.3) is 22.4 Å². The lowest BCUT2D eigenvalue weighted by atomic mass is 10.1. The van der Waals surface area contributed by atoms with Gasteiger partial charge in [0.2, 0.25) is 0 Å². The van der Waals surface area contributed by atoms with Crippen LogP contribution in [0, 0.1) is 0 Å². The highest BCUT2D eigenvalue weighted by Gasteiger charge is 2.16. The molecule has 0 aliphatic carbocycles. The van der Waals surface area contributed by atoms with Crippen LogP contribution < -0.4 is 4.90 Å². The summed E-state index contributed by atoms with van der Waals surface area (Å²) in [4.78, 5) is 6.99. The molecule has 0 radical (unpaired) electrons. The predicted molar refractivity (Wildman–Crippen MR) is 94.5 cm³/mol. The maximum atomic E-state index is 4.88. The summed E-state index contributed by atoms with van der Waals surface area (Å²) in [6.45, 7) is 4.48. The first kappa shape index (κ1) is 14.6. The minimum Gasteiger partial charge on any atom is -0.378 e. The fraction of sp³-hybridized carbons (Fsp3) is 0.316. The Morgan fingerprint density at radius 1 is 1.05 bits per heavy atom. The first-order valence-electron chi connectivity index (χ1n) is 7.86. The number of hydrogen-bond acceptors (Lipinski definition) is 2. The van der Waals surface area contributed by atoms with Crippen molar-refractivity contribution < 1.29 is 0 Å². The number of aromatic nitrogens is 2. The lowest BCUT2D eigenvalue weighted by molar-refractivity contribution is 0.550. The molecule has 3 aromatic rings. The summed E-state index contributed by atoms with van der Waals surface area (Å²) in [7, 11) is 4.12. The Kier molecular flexibility index (Phi) is 3.88. The van der Waals surface area contributed by atoms with Crippen LogP contribution in [0.3, 0.4) is 0 Å². The summed E-state index contributed by atoms with van der Waals surface area (Å²) in [6, 6.07) is 17.4. The molecule has 0 fully saturated rings. The summed E-state index contributed by atoms with van der Waals surface area (Å²) >= 11 is 0. The fourth-order valence-corrected chi connectivity index (χ4v) is 2.79. The molecule has 3 nitrogen and oxygen atoms in total. The molecular weight excluding hydrogens is 270 g/mol. The van der Waals surface area contributed by atoms with Crippen LogP contribution in [0.4, 0.5) is 5.69 Å². The van der Waals surface area contributed by atoms with Crippen molar-refractivity contribution in [1.29, 1.82) is 0 Å². The van der Waals surface area contributed by atoms with Gasteiger partial charge in [-0.25, -0.2) is 4.98 Å². The van der Waals surface area contributed by atoms with E-state index in [-0.39, 0.29) is 0 Å². The molecule has 0 bridgehead atoms. The van der Waals surface area contributed by atoms with Crippen LogP contribution in [0.1, 0.15) is 26.3 Å². The van der Waals surface area contributed by atoms with E-state index in [1.807, 2.05) is 0 Å². The van der Waals surface area contributed by atoms with E-state index in [9.17, 15) is 0 Å². The molecule has 0 amide bonds. The van der Waals surface area contributed by atoms with E-state index in [0.717, 1.165) is 17.8 Å². The first-order chi connectivity index (χ1) is 10.6. The summed E-state index contributed by atoms with van der Waals surface area (Å²) in [5.41, 5.74) is 4.65. The Labute approximate surface area is 132 Å². The zero-order valence-corrected chi connectivity index (χ0v) is 13.7. The number of nitrogens with zero attached hydrogens (tertiary/aromatic N) is 3.